The van der Waals surface area contributed by atoms with E-state index in [1.165, 1.54) is 0 Å². The van der Waals surface area contributed by atoms with E-state index in [4.69, 9.17) is 4.43 Å². The van der Waals surface area contributed by atoms with Crippen molar-refractivity contribution in [1.82, 2.24) is 0 Å². The highest BCUT2D eigenvalue weighted by Gasteiger charge is 2.07. The molecule has 0 aromatic heterocycles. The second-order valence-electron chi connectivity index (χ2n) is 2.64. The molecule has 0 aliphatic rings. The Labute approximate surface area is 82.3 Å². The molecule has 0 aliphatic carbocycles. The van der Waals surface area contributed by atoms with Crippen molar-refractivity contribution in [3.8, 4) is 5.75 Å². The number of allylic oxidation sites excluding steroid dienone is 2. The molecule has 0 N–H and O–H groups in total. The van der Waals surface area contributed by atoms with Gasteiger partial charge in [0.1, 0.15) is 5.75 Å². The molecule has 0 bridgehead atoms. The Morgan fingerprint density at radius 2 is 1.85 bits per heavy atom. The molecule has 0 fully saturated rings. The first kappa shape index (κ1) is 9.80. The van der Waals surface area contributed by atoms with Gasteiger partial charge in [0.05, 0.1) is 0 Å². The van der Waals surface area contributed by atoms with Crippen LogP contribution in [0, 0.1) is 0 Å². The maximum absolute atomic E-state index is 5.04. The van der Waals surface area contributed by atoms with Gasteiger partial charge in [-0.3, -0.25) is 0 Å². The summed E-state index contributed by atoms with van der Waals surface area (Å²) in [5.41, 5.74) is 1.06. The number of hydrogen-bond acceptors (Lipinski definition) is 1. The SMILES string of the molecule is C=CC(C=C)c1ccccc1O[Si]. The lowest BCUT2D eigenvalue weighted by Gasteiger charge is -2.12. The Balaban J connectivity index is 3.10. The third-order valence-electron chi connectivity index (χ3n) is 1.90. The maximum Gasteiger partial charge on any atom is 0.341 e. The molecule has 13 heavy (non-hydrogen) atoms. The molecular formula is C11H11OSi. The van der Waals surface area contributed by atoms with Crippen molar-refractivity contribution in [2.24, 2.45) is 0 Å². The summed E-state index contributed by atoms with van der Waals surface area (Å²) in [6.07, 6.45) is 3.66. The summed E-state index contributed by atoms with van der Waals surface area (Å²) in [5, 5.41) is 0. The van der Waals surface area contributed by atoms with Crippen molar-refractivity contribution in [3.05, 3.63) is 55.1 Å². The predicted octanol–water partition coefficient (Wildman–Crippen LogP) is 2.60. The predicted molar refractivity (Wildman–Crippen MR) is 56.0 cm³/mol. The summed E-state index contributed by atoms with van der Waals surface area (Å²) in [7, 11) is 3.01. The molecule has 3 radical (unpaired) electrons. The topological polar surface area (TPSA) is 9.23 Å². The summed E-state index contributed by atoms with van der Waals surface area (Å²) in [6, 6.07) is 7.76. The Bertz CT molecular complexity index is 299. The van der Waals surface area contributed by atoms with Gasteiger partial charge in [-0.25, -0.2) is 0 Å². The number of rotatable bonds is 4. The van der Waals surface area contributed by atoms with Gasteiger partial charge in [0.2, 0.25) is 0 Å². The minimum absolute atomic E-state index is 0.132. The lowest BCUT2D eigenvalue weighted by molar-refractivity contribution is 0.605. The normalized spacial score (nSPS) is 9.69. The monoisotopic (exact) mass is 187 g/mol. The van der Waals surface area contributed by atoms with Crippen LogP contribution in [0.5, 0.6) is 5.75 Å². The molecule has 1 rings (SSSR count). The molecule has 2 heteroatoms. The lowest BCUT2D eigenvalue weighted by atomic mass is 9.99. The molecule has 0 aliphatic heterocycles. The van der Waals surface area contributed by atoms with Gasteiger partial charge in [-0.05, 0) is 6.07 Å². The molecule has 1 aromatic rings. The van der Waals surface area contributed by atoms with Crippen molar-refractivity contribution in [3.63, 3.8) is 0 Å². The van der Waals surface area contributed by atoms with Crippen LogP contribution < -0.4 is 4.43 Å². The van der Waals surface area contributed by atoms with Gasteiger partial charge in [-0.1, -0.05) is 30.4 Å². The van der Waals surface area contributed by atoms with Gasteiger partial charge in [0.15, 0.2) is 0 Å². The fourth-order valence-corrected chi connectivity index (χ4v) is 1.38. The molecule has 0 atom stereocenters. The summed E-state index contributed by atoms with van der Waals surface area (Å²) >= 11 is 0. The van der Waals surface area contributed by atoms with E-state index in [1.807, 2.05) is 36.4 Å². The van der Waals surface area contributed by atoms with Gasteiger partial charge >= 0.3 is 10.5 Å². The van der Waals surface area contributed by atoms with Gasteiger partial charge in [0.25, 0.3) is 0 Å². The smallest absolute Gasteiger partial charge is 0.341 e. The fourth-order valence-electron chi connectivity index (χ4n) is 1.20. The van der Waals surface area contributed by atoms with Crippen LogP contribution in [-0.2, 0) is 0 Å². The van der Waals surface area contributed by atoms with E-state index >= 15 is 0 Å². The van der Waals surface area contributed by atoms with E-state index in [9.17, 15) is 0 Å². The minimum Gasteiger partial charge on any atom is -0.540 e. The molecule has 0 heterocycles. The van der Waals surface area contributed by atoms with Gasteiger partial charge in [-0.15, -0.1) is 13.2 Å². The Hall–Kier alpha value is -1.28. The second kappa shape index (κ2) is 4.67. The van der Waals surface area contributed by atoms with Crippen molar-refractivity contribution in [1.29, 1.82) is 0 Å². The summed E-state index contributed by atoms with van der Waals surface area (Å²) < 4.78 is 5.04. The van der Waals surface area contributed by atoms with Crippen molar-refractivity contribution >= 4 is 10.5 Å². The van der Waals surface area contributed by atoms with Crippen LogP contribution in [0.25, 0.3) is 0 Å². The summed E-state index contributed by atoms with van der Waals surface area (Å²) in [6.45, 7) is 7.48. The summed E-state index contributed by atoms with van der Waals surface area (Å²) in [4.78, 5) is 0. The quantitative estimate of drug-likeness (QED) is 0.520. The molecular weight excluding hydrogens is 176 g/mol. The van der Waals surface area contributed by atoms with Crippen LogP contribution in [0.3, 0.4) is 0 Å². The average Bonchev–Trinajstić information content (AvgIpc) is 2.20. The standard InChI is InChI=1S/C11H11OSi/c1-3-9(4-2)10-7-5-6-8-11(10)12-13/h3-9H,1-2H2. The van der Waals surface area contributed by atoms with Crippen LogP contribution in [0.2, 0.25) is 0 Å². The first-order chi connectivity index (χ1) is 6.33. The first-order valence-corrected chi connectivity index (χ1v) is 4.42. The largest absolute Gasteiger partial charge is 0.540 e. The number of para-hydroxylation sites is 1. The van der Waals surface area contributed by atoms with Crippen LogP contribution in [0.4, 0.5) is 0 Å². The Morgan fingerprint density at radius 1 is 1.23 bits per heavy atom. The molecule has 1 aromatic carbocycles. The Kier molecular flexibility index (Phi) is 3.52. The van der Waals surface area contributed by atoms with Crippen LogP contribution >= 0.6 is 0 Å². The lowest BCUT2D eigenvalue weighted by Crippen LogP contribution is -1.95. The van der Waals surface area contributed by atoms with Crippen LogP contribution in [0.1, 0.15) is 11.5 Å². The first-order valence-electron chi connectivity index (χ1n) is 4.01. The molecule has 1 nitrogen and oxygen atoms in total. The molecule has 0 unspecified atom stereocenters. The van der Waals surface area contributed by atoms with Crippen molar-refractivity contribution in [2.75, 3.05) is 0 Å². The fraction of sp³-hybridized carbons (Fsp3) is 0.0909. The molecule has 0 saturated heterocycles. The zero-order chi connectivity index (χ0) is 9.68. The van der Waals surface area contributed by atoms with Gasteiger partial charge < -0.3 is 4.43 Å². The van der Waals surface area contributed by atoms with E-state index in [0.29, 0.717) is 0 Å². The molecule has 0 amide bonds. The third kappa shape index (κ3) is 2.09. The molecule has 0 spiro atoms. The van der Waals surface area contributed by atoms with Gasteiger partial charge in [0, 0.05) is 11.5 Å². The van der Waals surface area contributed by atoms with E-state index in [2.05, 4.69) is 23.6 Å². The maximum atomic E-state index is 5.04. The van der Waals surface area contributed by atoms with E-state index in [0.717, 1.165) is 11.3 Å². The highest BCUT2D eigenvalue weighted by Crippen LogP contribution is 2.27. The van der Waals surface area contributed by atoms with Crippen molar-refractivity contribution < 1.29 is 4.43 Å². The van der Waals surface area contributed by atoms with Crippen LogP contribution in [-0.4, -0.2) is 10.5 Å². The number of benzene rings is 1. The van der Waals surface area contributed by atoms with E-state index in [-0.39, 0.29) is 5.92 Å². The third-order valence-corrected chi connectivity index (χ3v) is 2.12. The number of hydrogen-bond donors (Lipinski definition) is 0. The van der Waals surface area contributed by atoms with E-state index in [1.54, 1.807) is 0 Å². The molecule has 0 saturated carbocycles. The Morgan fingerprint density at radius 3 is 2.38 bits per heavy atom. The zero-order valence-corrected chi connectivity index (χ0v) is 8.36. The highest BCUT2D eigenvalue weighted by atomic mass is 28.2. The highest BCUT2D eigenvalue weighted by molar-refractivity contribution is 6.00. The molecule has 65 valence electrons. The summed E-state index contributed by atoms with van der Waals surface area (Å²) in [5.74, 6) is 0.927. The minimum atomic E-state index is 0.132. The zero-order valence-electron chi connectivity index (χ0n) is 7.36. The van der Waals surface area contributed by atoms with Gasteiger partial charge in [-0.2, -0.15) is 0 Å². The van der Waals surface area contributed by atoms with Crippen LogP contribution in [0.15, 0.2) is 49.6 Å². The second-order valence-corrected chi connectivity index (χ2v) is 2.84. The average molecular weight is 187 g/mol. The van der Waals surface area contributed by atoms with Crippen molar-refractivity contribution in [2.45, 2.75) is 5.92 Å². The van der Waals surface area contributed by atoms with E-state index < -0.39 is 0 Å².